The third-order valence-electron chi connectivity index (χ3n) is 2.63. The van der Waals surface area contributed by atoms with Crippen LogP contribution in [0.3, 0.4) is 0 Å². The Morgan fingerprint density at radius 2 is 2.05 bits per heavy atom. The summed E-state index contributed by atoms with van der Waals surface area (Å²) in [4.78, 5) is 20.9. The van der Waals surface area contributed by atoms with Crippen molar-refractivity contribution in [2.24, 2.45) is 0 Å². The van der Waals surface area contributed by atoms with Crippen LogP contribution in [0.2, 0.25) is 0 Å². The van der Waals surface area contributed by atoms with Gasteiger partial charge in [-0.05, 0) is 24.3 Å². The number of hydrogen-bond acceptors (Lipinski definition) is 4. The number of benzene rings is 2. The molecular weight excluding hydrogens is 265 g/mol. The number of ether oxygens (including phenoxy) is 1. The molecule has 0 radical (unpaired) electrons. The topological polar surface area (TPSA) is 69.4 Å². The van der Waals surface area contributed by atoms with Gasteiger partial charge in [0.2, 0.25) is 0 Å². The Labute approximate surface area is 113 Å². The second kappa shape index (κ2) is 5.92. The second-order valence-corrected chi connectivity index (χ2v) is 4.01. The maximum atomic E-state index is 13.1. The number of nitrogens with zero attached hydrogens (tertiary/aromatic N) is 1. The quantitative estimate of drug-likeness (QED) is 0.477. The molecular formula is C14H10FNO4. The van der Waals surface area contributed by atoms with Gasteiger partial charge >= 0.3 is 0 Å². The van der Waals surface area contributed by atoms with Crippen molar-refractivity contribution in [3.63, 3.8) is 0 Å². The smallest absolute Gasteiger partial charge is 0.276 e. The lowest BCUT2D eigenvalue weighted by molar-refractivity contribution is -0.385. The first-order valence-corrected chi connectivity index (χ1v) is 5.71. The molecule has 2 aromatic carbocycles. The van der Waals surface area contributed by atoms with Crippen LogP contribution in [0.25, 0.3) is 0 Å². The van der Waals surface area contributed by atoms with Crippen molar-refractivity contribution in [2.75, 3.05) is 0 Å². The number of rotatable bonds is 5. The van der Waals surface area contributed by atoms with Crippen molar-refractivity contribution >= 4 is 12.0 Å². The molecule has 2 aromatic rings. The second-order valence-electron chi connectivity index (χ2n) is 4.01. The summed E-state index contributed by atoms with van der Waals surface area (Å²) < 4.78 is 18.5. The predicted molar refractivity (Wildman–Crippen MR) is 69.2 cm³/mol. The van der Waals surface area contributed by atoms with E-state index in [0.717, 1.165) is 18.2 Å². The Kier molecular flexibility index (Phi) is 4.05. The Balaban J connectivity index is 2.19. The van der Waals surface area contributed by atoms with Crippen LogP contribution in [0.1, 0.15) is 15.9 Å². The van der Waals surface area contributed by atoms with Gasteiger partial charge in [0.1, 0.15) is 24.5 Å². The van der Waals surface area contributed by atoms with Gasteiger partial charge in [-0.25, -0.2) is 4.39 Å². The maximum absolute atomic E-state index is 13.1. The van der Waals surface area contributed by atoms with Gasteiger partial charge < -0.3 is 4.74 Å². The van der Waals surface area contributed by atoms with E-state index in [9.17, 15) is 19.3 Å². The van der Waals surface area contributed by atoms with Crippen LogP contribution in [0.5, 0.6) is 5.75 Å². The third kappa shape index (κ3) is 3.17. The SMILES string of the molecule is O=Cc1cccc(OCc2cc(F)ccc2[N+](=O)[O-])c1. The van der Waals surface area contributed by atoms with E-state index in [1.165, 1.54) is 6.07 Å². The largest absolute Gasteiger partial charge is 0.489 e. The van der Waals surface area contributed by atoms with Crippen LogP contribution >= 0.6 is 0 Å². The van der Waals surface area contributed by atoms with Gasteiger partial charge in [-0.3, -0.25) is 14.9 Å². The van der Waals surface area contributed by atoms with Crippen molar-refractivity contribution in [2.45, 2.75) is 6.61 Å². The summed E-state index contributed by atoms with van der Waals surface area (Å²) in [7, 11) is 0. The van der Waals surface area contributed by atoms with Gasteiger partial charge in [0, 0.05) is 11.6 Å². The van der Waals surface area contributed by atoms with E-state index in [2.05, 4.69) is 0 Å². The monoisotopic (exact) mass is 275 g/mol. The van der Waals surface area contributed by atoms with Gasteiger partial charge in [0.05, 0.1) is 10.5 Å². The van der Waals surface area contributed by atoms with Gasteiger partial charge in [0.25, 0.3) is 5.69 Å². The molecule has 0 aliphatic rings. The summed E-state index contributed by atoms with van der Waals surface area (Å²) in [5.41, 5.74) is 0.348. The van der Waals surface area contributed by atoms with Crippen LogP contribution in [0.4, 0.5) is 10.1 Å². The summed E-state index contributed by atoms with van der Waals surface area (Å²) >= 11 is 0. The van der Waals surface area contributed by atoms with Gasteiger partial charge in [-0.15, -0.1) is 0 Å². The molecule has 0 atom stereocenters. The molecule has 0 amide bonds. The van der Waals surface area contributed by atoms with E-state index in [1.54, 1.807) is 18.2 Å². The van der Waals surface area contributed by atoms with Crippen LogP contribution in [0.15, 0.2) is 42.5 Å². The number of halogens is 1. The first kappa shape index (κ1) is 13.7. The molecule has 6 heteroatoms. The van der Waals surface area contributed by atoms with Crippen molar-refractivity contribution in [3.8, 4) is 5.75 Å². The summed E-state index contributed by atoms with van der Waals surface area (Å²) in [6.45, 7) is -0.156. The highest BCUT2D eigenvalue weighted by molar-refractivity contribution is 5.75. The average molecular weight is 275 g/mol. The fraction of sp³-hybridized carbons (Fsp3) is 0.0714. The van der Waals surface area contributed by atoms with E-state index in [1.807, 2.05) is 0 Å². The van der Waals surface area contributed by atoms with Crippen molar-refractivity contribution in [1.29, 1.82) is 0 Å². The molecule has 102 valence electrons. The van der Waals surface area contributed by atoms with Gasteiger partial charge in [0.15, 0.2) is 0 Å². The lowest BCUT2D eigenvalue weighted by Crippen LogP contribution is -2.01. The molecule has 0 aromatic heterocycles. The molecule has 0 fully saturated rings. The zero-order valence-electron chi connectivity index (χ0n) is 10.3. The lowest BCUT2D eigenvalue weighted by atomic mass is 10.2. The van der Waals surface area contributed by atoms with Gasteiger partial charge in [-0.1, -0.05) is 12.1 Å². The molecule has 0 saturated heterocycles. The highest BCUT2D eigenvalue weighted by Gasteiger charge is 2.14. The van der Waals surface area contributed by atoms with E-state index in [-0.39, 0.29) is 17.9 Å². The third-order valence-corrected chi connectivity index (χ3v) is 2.63. The van der Waals surface area contributed by atoms with Crippen LogP contribution in [-0.2, 0) is 6.61 Å². The van der Waals surface area contributed by atoms with Crippen LogP contribution < -0.4 is 4.74 Å². The Morgan fingerprint density at radius 1 is 1.25 bits per heavy atom. The van der Waals surface area contributed by atoms with E-state index in [0.29, 0.717) is 17.6 Å². The number of carbonyl (C=O) groups is 1. The molecule has 0 bridgehead atoms. The number of aldehydes is 1. The Hall–Kier alpha value is -2.76. The van der Waals surface area contributed by atoms with Crippen molar-refractivity contribution in [3.05, 3.63) is 69.5 Å². The molecule has 5 nitrogen and oxygen atoms in total. The number of nitro groups is 1. The van der Waals surface area contributed by atoms with E-state index >= 15 is 0 Å². The fourth-order valence-corrected chi connectivity index (χ4v) is 1.69. The molecule has 0 aliphatic heterocycles. The highest BCUT2D eigenvalue weighted by Crippen LogP contribution is 2.22. The summed E-state index contributed by atoms with van der Waals surface area (Å²) in [6, 6.07) is 9.51. The average Bonchev–Trinajstić information content (AvgIpc) is 2.45. The minimum atomic E-state index is -0.597. The minimum absolute atomic E-state index is 0.131. The molecule has 0 saturated carbocycles. The molecule has 0 heterocycles. The number of hydrogen-bond donors (Lipinski definition) is 0. The minimum Gasteiger partial charge on any atom is -0.489 e. The molecule has 2 rings (SSSR count). The molecule has 0 unspecified atom stereocenters. The first-order chi connectivity index (χ1) is 9.60. The summed E-state index contributed by atoms with van der Waals surface area (Å²) in [5, 5.41) is 10.8. The van der Waals surface area contributed by atoms with Crippen LogP contribution in [0, 0.1) is 15.9 Å². The van der Waals surface area contributed by atoms with Crippen molar-refractivity contribution in [1.82, 2.24) is 0 Å². The zero-order valence-corrected chi connectivity index (χ0v) is 10.3. The molecule has 0 spiro atoms. The first-order valence-electron chi connectivity index (χ1n) is 5.71. The van der Waals surface area contributed by atoms with E-state index < -0.39 is 10.7 Å². The molecule has 20 heavy (non-hydrogen) atoms. The summed E-state index contributed by atoms with van der Waals surface area (Å²) in [5.74, 6) is -0.191. The van der Waals surface area contributed by atoms with Gasteiger partial charge in [-0.2, -0.15) is 0 Å². The van der Waals surface area contributed by atoms with Crippen LogP contribution in [-0.4, -0.2) is 11.2 Å². The lowest BCUT2D eigenvalue weighted by Gasteiger charge is -2.07. The van der Waals surface area contributed by atoms with E-state index in [4.69, 9.17) is 4.74 Å². The zero-order chi connectivity index (χ0) is 14.5. The molecule has 0 aliphatic carbocycles. The fourth-order valence-electron chi connectivity index (χ4n) is 1.69. The summed E-state index contributed by atoms with van der Waals surface area (Å²) in [6.07, 6.45) is 0.664. The Morgan fingerprint density at radius 3 is 2.75 bits per heavy atom. The normalized spacial score (nSPS) is 10.1. The number of nitro benzene ring substituents is 1. The highest BCUT2D eigenvalue weighted by atomic mass is 19.1. The maximum Gasteiger partial charge on any atom is 0.276 e. The van der Waals surface area contributed by atoms with Crippen molar-refractivity contribution < 1.29 is 18.8 Å². The number of carbonyl (C=O) groups excluding carboxylic acids is 1. The Bertz CT molecular complexity index is 657. The molecule has 0 N–H and O–H groups in total. The predicted octanol–water partition coefficient (Wildman–Crippen LogP) is 3.13. The standard InChI is InChI=1S/C14H10FNO4/c15-12-4-5-14(16(18)19)11(7-12)9-20-13-3-1-2-10(6-13)8-17/h1-8H,9H2.